The topological polar surface area (TPSA) is 29.5 Å². The van der Waals surface area contributed by atoms with Crippen LogP contribution in [0.2, 0.25) is 13.3 Å². The Bertz CT molecular complexity index is 672. The predicted octanol–water partition coefficient (Wildman–Crippen LogP) is 7.62. The van der Waals surface area contributed by atoms with Crippen molar-refractivity contribution in [2.45, 2.75) is 91.5 Å². The molecule has 2 fully saturated rings. The molecule has 1 aromatic rings. The molecule has 2 aliphatic rings. The van der Waals surface area contributed by atoms with Gasteiger partial charge in [-0.1, -0.05) is 0 Å². The summed E-state index contributed by atoms with van der Waals surface area (Å²) in [5.41, 5.74) is 2.82. The number of unbranched alkanes of at least 4 members (excludes halogenated alkanes) is 3. The molecule has 0 radical (unpaired) electrons. The predicted molar refractivity (Wildman–Crippen MR) is 124 cm³/mol. The van der Waals surface area contributed by atoms with Gasteiger partial charge in [0.1, 0.15) is 0 Å². The summed E-state index contributed by atoms with van der Waals surface area (Å²) in [5, 5.41) is 0. The molecule has 4 heteroatoms. The van der Waals surface area contributed by atoms with E-state index >= 15 is 0 Å². The van der Waals surface area contributed by atoms with Crippen molar-refractivity contribution in [3.63, 3.8) is 0 Å². The van der Waals surface area contributed by atoms with Crippen LogP contribution in [0.4, 0.5) is 4.79 Å². The second kappa shape index (κ2) is 10.9. The van der Waals surface area contributed by atoms with Crippen molar-refractivity contribution in [2.24, 2.45) is 0 Å². The van der Waals surface area contributed by atoms with Crippen molar-refractivity contribution < 1.29 is 9.53 Å². The molecule has 1 atom stereocenters. The molecule has 1 aliphatic heterocycles. The number of hydrogen-bond acceptors (Lipinski definition) is 2. The summed E-state index contributed by atoms with van der Waals surface area (Å²) in [6.45, 7) is 7.45. The molecule has 1 saturated carbocycles. The van der Waals surface area contributed by atoms with E-state index in [1.54, 1.807) is 9.29 Å². The molecule has 0 bridgehead atoms. The molecule has 0 N–H and O–H groups in total. The van der Waals surface area contributed by atoms with Crippen LogP contribution in [-0.4, -0.2) is 36.0 Å². The molecule has 1 heterocycles. The van der Waals surface area contributed by atoms with Crippen molar-refractivity contribution in [2.75, 3.05) is 6.61 Å². The Morgan fingerprint density at radius 3 is 2.00 bits per heavy atom. The summed E-state index contributed by atoms with van der Waals surface area (Å²) >= 11 is -2.73. The fraction of sp³-hybridized carbons (Fsp3) is 0.640. The van der Waals surface area contributed by atoms with E-state index in [0.29, 0.717) is 6.61 Å². The zero-order valence-electron chi connectivity index (χ0n) is 18.7. The Kier molecular flexibility index (Phi) is 8.52. The molecular weight excluding hydrogens is 465 g/mol. The maximum atomic E-state index is 13.1. The van der Waals surface area contributed by atoms with Gasteiger partial charge < -0.3 is 0 Å². The summed E-state index contributed by atoms with van der Waals surface area (Å²) < 4.78 is 11.4. The third-order valence-electron chi connectivity index (χ3n) is 6.66. The molecule has 29 heavy (non-hydrogen) atoms. The van der Waals surface area contributed by atoms with E-state index in [4.69, 9.17) is 4.74 Å². The van der Waals surface area contributed by atoms with Gasteiger partial charge in [0.2, 0.25) is 0 Å². The van der Waals surface area contributed by atoms with Gasteiger partial charge in [-0.05, 0) is 0 Å². The fourth-order valence-corrected chi connectivity index (χ4v) is 23.0. The molecule has 0 unspecified atom stereocenters. The number of nitrogens with zero attached hydrogens (tertiary/aromatic N) is 1. The Morgan fingerprint density at radius 1 is 0.966 bits per heavy atom. The van der Waals surface area contributed by atoms with E-state index < -0.39 is 18.4 Å². The molecule has 1 aromatic carbocycles. The van der Waals surface area contributed by atoms with Gasteiger partial charge >= 0.3 is 182 Å². The number of amides is 1. The third-order valence-corrected chi connectivity index (χ3v) is 22.4. The van der Waals surface area contributed by atoms with Crippen molar-refractivity contribution in [1.29, 1.82) is 0 Å². The maximum absolute atomic E-state index is 13.1. The molecular formula is C25H39NO2Sn. The molecule has 160 valence electrons. The van der Waals surface area contributed by atoms with Crippen molar-refractivity contribution in [3.05, 3.63) is 45.2 Å². The normalized spacial score (nSPS) is 18.9. The second-order valence-corrected chi connectivity index (χ2v) is 21.9. The number of ether oxygens (including phenoxy) is 1. The zero-order chi connectivity index (χ0) is 20.7. The average Bonchev–Trinajstić information content (AvgIpc) is 3.52. The van der Waals surface area contributed by atoms with E-state index in [-0.39, 0.29) is 12.1 Å². The van der Waals surface area contributed by atoms with Crippen LogP contribution in [0.25, 0.3) is 0 Å². The number of benzene rings is 1. The van der Waals surface area contributed by atoms with Crippen LogP contribution < -0.4 is 0 Å². The molecule has 0 spiro atoms. The number of carbonyl (C=O) groups excluding carboxylic acids is 1. The van der Waals surface area contributed by atoms with Crippen molar-refractivity contribution in [3.8, 4) is 0 Å². The van der Waals surface area contributed by atoms with Gasteiger partial charge in [-0.15, -0.1) is 0 Å². The number of cyclic esters (lactones) is 1. The fourth-order valence-electron chi connectivity index (χ4n) is 4.97. The summed E-state index contributed by atoms with van der Waals surface area (Å²) in [7, 11) is 0. The van der Waals surface area contributed by atoms with E-state index in [0.717, 1.165) is 0 Å². The Morgan fingerprint density at radius 2 is 1.52 bits per heavy atom. The molecule has 1 amide bonds. The van der Waals surface area contributed by atoms with Gasteiger partial charge in [-0.2, -0.15) is 0 Å². The van der Waals surface area contributed by atoms with Gasteiger partial charge in [-0.25, -0.2) is 0 Å². The first-order valence-electron chi connectivity index (χ1n) is 11.9. The Hall–Kier alpha value is -0.971. The SMILES string of the molecule is CCC[CH2][Sn]([CH2]CCC)([CH2]CCC)[C](=C1CC1)N1C(=O)OC[C@@H]1c1ccccc1. The van der Waals surface area contributed by atoms with Crippen LogP contribution in [-0.2, 0) is 4.74 Å². The first-order valence-corrected chi connectivity index (χ1v) is 19.4. The van der Waals surface area contributed by atoms with E-state index in [1.807, 2.05) is 0 Å². The van der Waals surface area contributed by atoms with Crippen LogP contribution >= 0.6 is 0 Å². The Balaban J connectivity index is 2.03. The second-order valence-electron chi connectivity index (χ2n) is 8.92. The van der Waals surface area contributed by atoms with Crippen LogP contribution in [0.5, 0.6) is 0 Å². The van der Waals surface area contributed by atoms with Gasteiger partial charge in [-0.3, -0.25) is 0 Å². The van der Waals surface area contributed by atoms with Crippen molar-refractivity contribution >= 4 is 24.5 Å². The van der Waals surface area contributed by atoms with Crippen LogP contribution in [0.15, 0.2) is 39.6 Å². The quantitative estimate of drug-likeness (QED) is 0.274. The van der Waals surface area contributed by atoms with Crippen LogP contribution in [0, 0.1) is 0 Å². The Labute approximate surface area is 181 Å². The first kappa shape index (κ1) is 22.7. The van der Waals surface area contributed by atoms with Crippen LogP contribution in [0.1, 0.15) is 83.7 Å². The van der Waals surface area contributed by atoms with Gasteiger partial charge in [0.05, 0.1) is 0 Å². The number of hydrogen-bond donors (Lipinski definition) is 0. The summed E-state index contributed by atoms with van der Waals surface area (Å²) in [6.07, 6.45) is 10.0. The molecule has 0 aromatic heterocycles. The monoisotopic (exact) mass is 505 g/mol. The summed E-state index contributed by atoms with van der Waals surface area (Å²) in [4.78, 5) is 15.3. The minimum absolute atomic E-state index is 0.0627. The third kappa shape index (κ3) is 5.39. The summed E-state index contributed by atoms with van der Waals surface area (Å²) in [6, 6.07) is 10.6. The number of rotatable bonds is 12. The van der Waals surface area contributed by atoms with Gasteiger partial charge in [0.15, 0.2) is 0 Å². The number of allylic oxidation sites excluding steroid dienone is 1. The zero-order valence-corrected chi connectivity index (χ0v) is 21.6. The van der Waals surface area contributed by atoms with E-state index in [2.05, 4.69) is 56.0 Å². The van der Waals surface area contributed by atoms with E-state index in [1.165, 1.54) is 70.2 Å². The molecule has 3 rings (SSSR count). The van der Waals surface area contributed by atoms with Crippen LogP contribution in [0.3, 0.4) is 0 Å². The van der Waals surface area contributed by atoms with Gasteiger partial charge in [0.25, 0.3) is 0 Å². The average molecular weight is 504 g/mol. The van der Waals surface area contributed by atoms with E-state index in [9.17, 15) is 4.79 Å². The standard InChI is InChI=1S/C13H12NO2.3C4H9.Sn/c15-13-14(8-10-6-7-10)12(9-16-13)11-4-2-1-3-5-11;3*1-3-4-2;/h1-5,12H,6-7,9H2;3*1,3-4H2,2H3;/t12-;;;;/m1..../s1. The number of carbonyl (C=O) groups is 1. The molecule has 1 aliphatic carbocycles. The van der Waals surface area contributed by atoms with Gasteiger partial charge in [0, 0.05) is 0 Å². The minimum atomic E-state index is -2.73. The van der Waals surface area contributed by atoms with Crippen molar-refractivity contribution in [1.82, 2.24) is 4.90 Å². The summed E-state index contributed by atoms with van der Waals surface area (Å²) in [5.74, 6) is 0. The first-order chi connectivity index (χ1) is 14.2. The molecule has 1 saturated heterocycles. The molecule has 3 nitrogen and oxygen atoms in total.